The summed E-state index contributed by atoms with van der Waals surface area (Å²) >= 11 is 5.65. The summed E-state index contributed by atoms with van der Waals surface area (Å²) in [6, 6.07) is 4.59. The first-order chi connectivity index (χ1) is 8.95. The second-order valence-corrected chi connectivity index (χ2v) is 5.99. The molecule has 1 N–H and O–H groups in total. The first-order valence-electron chi connectivity index (χ1n) is 6.63. The van der Waals surface area contributed by atoms with Crippen LogP contribution in [0, 0.1) is 17.2 Å². The van der Waals surface area contributed by atoms with Gasteiger partial charge >= 0.3 is 0 Å². The quantitative estimate of drug-likeness (QED) is 0.919. The molecule has 1 saturated heterocycles. The summed E-state index contributed by atoms with van der Waals surface area (Å²) in [5.74, 6) is 0.0106. The maximum absolute atomic E-state index is 13.4. The lowest BCUT2D eigenvalue weighted by Crippen LogP contribution is -2.39. The van der Waals surface area contributed by atoms with Crippen molar-refractivity contribution in [1.29, 1.82) is 0 Å². The first-order valence-corrected chi connectivity index (χ1v) is 7.01. The Kier molecular flexibility index (Phi) is 4.26. The van der Waals surface area contributed by atoms with Gasteiger partial charge in [0.1, 0.15) is 11.6 Å². The van der Waals surface area contributed by atoms with Gasteiger partial charge in [0.15, 0.2) is 0 Å². The fourth-order valence-corrected chi connectivity index (χ4v) is 2.89. The van der Waals surface area contributed by atoms with E-state index in [1.165, 1.54) is 12.1 Å². The molecule has 1 atom stereocenters. The highest BCUT2D eigenvalue weighted by Crippen LogP contribution is 2.36. The van der Waals surface area contributed by atoms with Crippen LogP contribution in [0.4, 0.5) is 4.39 Å². The van der Waals surface area contributed by atoms with Crippen molar-refractivity contribution in [3.63, 3.8) is 0 Å². The zero-order valence-corrected chi connectivity index (χ0v) is 12.1. The fourth-order valence-electron chi connectivity index (χ4n) is 2.78. The summed E-state index contributed by atoms with van der Waals surface area (Å²) in [5, 5.41) is 3.36. The Hall–Kier alpha value is -0.930. The number of rotatable bonds is 4. The van der Waals surface area contributed by atoms with Gasteiger partial charge in [-0.15, -0.1) is 0 Å². The molecule has 0 radical (unpaired) electrons. The molecule has 4 heteroatoms. The Bertz CT molecular complexity index is 481. The molecule has 0 aromatic heterocycles. The molecule has 1 heterocycles. The summed E-state index contributed by atoms with van der Waals surface area (Å²) < 4.78 is 13.4. The van der Waals surface area contributed by atoms with E-state index in [-0.39, 0.29) is 28.6 Å². The number of ketones is 1. The number of halogens is 2. The van der Waals surface area contributed by atoms with Crippen molar-refractivity contribution in [3.05, 3.63) is 34.6 Å². The third-order valence-electron chi connectivity index (χ3n) is 4.20. The summed E-state index contributed by atoms with van der Waals surface area (Å²) in [6.07, 6.45) is 1.13. The van der Waals surface area contributed by atoms with Crippen molar-refractivity contribution < 1.29 is 9.18 Å². The highest BCUT2D eigenvalue weighted by Gasteiger charge is 2.43. The van der Waals surface area contributed by atoms with E-state index in [0.29, 0.717) is 5.56 Å². The smallest absolute Gasteiger partial charge is 0.144 e. The van der Waals surface area contributed by atoms with Crippen LogP contribution in [0.15, 0.2) is 18.2 Å². The zero-order valence-electron chi connectivity index (χ0n) is 11.3. The Balaban J connectivity index is 2.17. The average molecular weight is 284 g/mol. The number of hydrogen-bond acceptors (Lipinski definition) is 2. The molecule has 2 rings (SSSR count). The predicted octanol–water partition coefficient (Wildman–Crippen LogP) is 3.23. The van der Waals surface area contributed by atoms with Crippen molar-refractivity contribution in [3.8, 4) is 0 Å². The van der Waals surface area contributed by atoms with Gasteiger partial charge in [0, 0.05) is 18.4 Å². The van der Waals surface area contributed by atoms with Crippen LogP contribution in [-0.2, 0) is 11.2 Å². The molecule has 0 aliphatic carbocycles. The van der Waals surface area contributed by atoms with Gasteiger partial charge in [-0.2, -0.15) is 0 Å². The van der Waals surface area contributed by atoms with Gasteiger partial charge in [-0.05, 0) is 36.6 Å². The number of nitrogens with one attached hydrogen (secondary N) is 1. The van der Waals surface area contributed by atoms with Crippen LogP contribution in [0.5, 0.6) is 0 Å². The first kappa shape index (κ1) is 14.5. The van der Waals surface area contributed by atoms with Crippen molar-refractivity contribution in [2.24, 2.45) is 11.3 Å². The number of carbonyl (C=O) groups is 1. The lowest BCUT2D eigenvalue weighted by molar-refractivity contribution is -0.129. The van der Waals surface area contributed by atoms with Crippen molar-refractivity contribution in [2.75, 3.05) is 13.1 Å². The Morgan fingerprint density at radius 2 is 2.26 bits per heavy atom. The zero-order chi connectivity index (χ0) is 14.0. The normalized spacial score (nSPS) is 23.0. The fraction of sp³-hybridized carbons (Fsp3) is 0.533. The van der Waals surface area contributed by atoms with E-state index in [1.807, 2.05) is 0 Å². The predicted molar refractivity (Wildman–Crippen MR) is 74.9 cm³/mol. The van der Waals surface area contributed by atoms with Crippen LogP contribution in [-0.4, -0.2) is 18.9 Å². The topological polar surface area (TPSA) is 29.1 Å². The summed E-state index contributed by atoms with van der Waals surface area (Å²) in [5.41, 5.74) is 0.384. The van der Waals surface area contributed by atoms with Gasteiger partial charge in [-0.25, -0.2) is 4.39 Å². The largest absolute Gasteiger partial charge is 0.316 e. The van der Waals surface area contributed by atoms with E-state index >= 15 is 0 Å². The molecule has 0 spiro atoms. The molecule has 0 bridgehead atoms. The van der Waals surface area contributed by atoms with E-state index in [2.05, 4.69) is 19.2 Å². The minimum atomic E-state index is -0.463. The van der Waals surface area contributed by atoms with Crippen molar-refractivity contribution >= 4 is 17.4 Å². The second kappa shape index (κ2) is 5.59. The summed E-state index contributed by atoms with van der Waals surface area (Å²) in [7, 11) is 0. The summed E-state index contributed by atoms with van der Waals surface area (Å²) in [6.45, 7) is 5.75. The number of carbonyl (C=O) groups excluding carboxylic acids is 1. The van der Waals surface area contributed by atoms with Crippen LogP contribution in [0.3, 0.4) is 0 Å². The maximum atomic E-state index is 13.4. The SMILES string of the molecule is CC(C)C1(C(=O)Cc2ccc(Cl)c(F)c2)CCNC1. The number of hydrogen-bond donors (Lipinski definition) is 1. The van der Waals surface area contributed by atoms with Gasteiger partial charge in [-0.3, -0.25) is 4.79 Å². The van der Waals surface area contributed by atoms with Crippen LogP contribution >= 0.6 is 11.6 Å². The van der Waals surface area contributed by atoms with Crippen LogP contribution in [0.25, 0.3) is 0 Å². The molecule has 0 saturated carbocycles. The van der Waals surface area contributed by atoms with Crippen molar-refractivity contribution in [1.82, 2.24) is 5.32 Å². The molecule has 104 valence electrons. The van der Waals surface area contributed by atoms with E-state index in [1.54, 1.807) is 6.07 Å². The molecule has 1 fully saturated rings. The lowest BCUT2D eigenvalue weighted by Gasteiger charge is -2.31. The van der Waals surface area contributed by atoms with Crippen molar-refractivity contribution in [2.45, 2.75) is 26.7 Å². The maximum Gasteiger partial charge on any atom is 0.144 e. The number of Topliss-reactive ketones (excluding diaryl/α,β-unsaturated/α-hetero) is 1. The Morgan fingerprint density at radius 3 is 2.79 bits per heavy atom. The molecule has 2 nitrogen and oxygen atoms in total. The average Bonchev–Trinajstić information content (AvgIpc) is 2.84. The molecular weight excluding hydrogens is 265 g/mol. The molecule has 0 amide bonds. The monoisotopic (exact) mass is 283 g/mol. The van der Waals surface area contributed by atoms with E-state index < -0.39 is 5.82 Å². The molecule has 1 unspecified atom stereocenters. The third kappa shape index (κ3) is 2.82. The Morgan fingerprint density at radius 1 is 1.53 bits per heavy atom. The third-order valence-corrected chi connectivity index (χ3v) is 4.50. The summed E-state index contributed by atoms with van der Waals surface area (Å²) in [4.78, 5) is 12.6. The molecule has 1 aliphatic rings. The number of benzene rings is 1. The Labute approximate surface area is 118 Å². The van der Waals surface area contributed by atoms with E-state index in [9.17, 15) is 9.18 Å². The second-order valence-electron chi connectivity index (χ2n) is 5.59. The van der Waals surface area contributed by atoms with Crippen LogP contribution in [0.1, 0.15) is 25.8 Å². The van der Waals surface area contributed by atoms with Gasteiger partial charge < -0.3 is 5.32 Å². The minimum Gasteiger partial charge on any atom is -0.316 e. The van der Waals surface area contributed by atoms with Gasteiger partial charge in [0.2, 0.25) is 0 Å². The highest BCUT2D eigenvalue weighted by molar-refractivity contribution is 6.30. The van der Waals surface area contributed by atoms with E-state index in [0.717, 1.165) is 19.5 Å². The van der Waals surface area contributed by atoms with Crippen LogP contribution in [0.2, 0.25) is 5.02 Å². The van der Waals surface area contributed by atoms with Gasteiger partial charge in [-0.1, -0.05) is 31.5 Å². The molecule has 1 aliphatic heterocycles. The highest BCUT2D eigenvalue weighted by atomic mass is 35.5. The minimum absolute atomic E-state index is 0.0947. The molecule has 19 heavy (non-hydrogen) atoms. The molecule has 1 aromatic rings. The molecule has 1 aromatic carbocycles. The lowest BCUT2D eigenvalue weighted by atomic mass is 9.71. The van der Waals surface area contributed by atoms with Crippen LogP contribution < -0.4 is 5.32 Å². The van der Waals surface area contributed by atoms with E-state index in [4.69, 9.17) is 11.6 Å². The standard InChI is InChI=1S/C15H19ClFNO/c1-10(2)15(5-6-18-9-15)14(19)8-11-3-4-12(16)13(17)7-11/h3-4,7,10,18H,5-6,8-9H2,1-2H3. The van der Waals surface area contributed by atoms with Gasteiger partial charge in [0.05, 0.1) is 5.02 Å². The molecular formula is C15H19ClFNO. The van der Waals surface area contributed by atoms with Gasteiger partial charge in [0.25, 0.3) is 0 Å².